The van der Waals surface area contributed by atoms with Gasteiger partial charge in [0.25, 0.3) is 0 Å². The number of benzene rings is 2. The Morgan fingerprint density at radius 2 is 1.78 bits per heavy atom. The van der Waals surface area contributed by atoms with Crippen molar-refractivity contribution in [2.75, 3.05) is 7.05 Å². The quantitative estimate of drug-likeness (QED) is 0.470. The molecule has 138 valence electrons. The fraction of sp³-hybridized carbons (Fsp3) is 0.304. The van der Waals surface area contributed by atoms with E-state index >= 15 is 0 Å². The van der Waals surface area contributed by atoms with E-state index in [2.05, 4.69) is 53.9 Å². The fourth-order valence-electron chi connectivity index (χ4n) is 4.90. The Bertz CT molecular complexity index is 1060. The van der Waals surface area contributed by atoms with Gasteiger partial charge in [-0.05, 0) is 73.8 Å². The van der Waals surface area contributed by atoms with Crippen LogP contribution in [0.25, 0.3) is 22.7 Å². The molecule has 2 atom stereocenters. The van der Waals surface area contributed by atoms with Crippen molar-refractivity contribution >= 4 is 45.9 Å². The topological polar surface area (TPSA) is 8.17 Å². The Hall–Kier alpha value is -1.74. The number of fused-ring (bicyclic) bond motifs is 6. The average Bonchev–Trinajstić information content (AvgIpc) is 3.06. The maximum Gasteiger partial charge on any atom is 0.0529 e. The molecule has 27 heavy (non-hydrogen) atoms. The first-order valence-electron chi connectivity index (χ1n) is 9.51. The van der Waals surface area contributed by atoms with E-state index in [4.69, 9.17) is 23.2 Å². The van der Waals surface area contributed by atoms with E-state index in [9.17, 15) is 0 Å². The van der Waals surface area contributed by atoms with Crippen LogP contribution < -0.4 is 0 Å². The predicted molar refractivity (Wildman–Crippen MR) is 115 cm³/mol. The van der Waals surface area contributed by atoms with Gasteiger partial charge in [0.1, 0.15) is 0 Å². The van der Waals surface area contributed by atoms with Gasteiger partial charge in [-0.25, -0.2) is 0 Å². The van der Waals surface area contributed by atoms with E-state index in [1.165, 1.54) is 46.1 Å². The van der Waals surface area contributed by atoms with Gasteiger partial charge in [0, 0.05) is 45.8 Å². The summed E-state index contributed by atoms with van der Waals surface area (Å²) in [5.41, 5.74) is 6.60. The molecule has 2 nitrogen and oxygen atoms in total. The van der Waals surface area contributed by atoms with Crippen LogP contribution in [0.15, 0.2) is 42.5 Å². The Morgan fingerprint density at radius 1 is 1.04 bits per heavy atom. The van der Waals surface area contributed by atoms with Crippen LogP contribution in [0, 0.1) is 0 Å². The fourth-order valence-corrected chi connectivity index (χ4v) is 5.20. The van der Waals surface area contributed by atoms with Crippen LogP contribution in [0.3, 0.4) is 0 Å². The molecule has 0 spiro atoms. The molecular formula is C23H22Cl2N2. The molecule has 5 rings (SSSR count). The molecule has 0 amide bonds. The Balaban J connectivity index is 1.72. The Labute approximate surface area is 170 Å². The molecule has 2 aromatic carbocycles. The van der Waals surface area contributed by atoms with E-state index in [0.29, 0.717) is 12.1 Å². The van der Waals surface area contributed by atoms with Crippen LogP contribution in [-0.4, -0.2) is 22.6 Å². The van der Waals surface area contributed by atoms with Crippen LogP contribution in [0.4, 0.5) is 0 Å². The zero-order valence-corrected chi connectivity index (χ0v) is 17.1. The van der Waals surface area contributed by atoms with Gasteiger partial charge < -0.3 is 4.57 Å². The molecule has 2 aliphatic rings. The number of hydrogen-bond donors (Lipinski definition) is 0. The number of hydrogen-bond acceptors (Lipinski definition) is 1. The molecule has 3 aromatic rings. The molecule has 1 fully saturated rings. The van der Waals surface area contributed by atoms with Gasteiger partial charge in [-0.15, -0.1) is 0 Å². The maximum absolute atomic E-state index is 6.37. The van der Waals surface area contributed by atoms with E-state index in [0.717, 1.165) is 16.5 Å². The molecule has 2 bridgehead atoms. The summed E-state index contributed by atoms with van der Waals surface area (Å²) in [5, 5.41) is 2.88. The average molecular weight is 397 g/mol. The van der Waals surface area contributed by atoms with Crippen molar-refractivity contribution in [2.45, 2.75) is 38.3 Å². The van der Waals surface area contributed by atoms with Gasteiger partial charge in [-0.2, -0.15) is 0 Å². The second-order valence-corrected chi connectivity index (χ2v) is 8.70. The minimum atomic E-state index is 0.505. The number of nitrogens with zero attached hydrogens (tertiary/aromatic N) is 2. The summed E-state index contributed by atoms with van der Waals surface area (Å²) in [6, 6.07) is 15.5. The largest absolute Gasteiger partial charge is 0.320 e. The third-order valence-corrected chi connectivity index (χ3v) is 6.82. The maximum atomic E-state index is 6.37. The third-order valence-electron chi connectivity index (χ3n) is 6.34. The predicted octanol–water partition coefficient (Wildman–Crippen LogP) is 6.66. The molecule has 1 aromatic heterocycles. The highest BCUT2D eigenvalue weighted by Crippen LogP contribution is 2.47. The number of aromatic nitrogens is 1. The molecule has 1 saturated heterocycles. The van der Waals surface area contributed by atoms with E-state index in [1.54, 1.807) is 0 Å². The Kier molecular flexibility index (Phi) is 4.12. The van der Waals surface area contributed by atoms with Crippen molar-refractivity contribution in [3.8, 4) is 0 Å². The summed E-state index contributed by atoms with van der Waals surface area (Å²) < 4.78 is 2.41. The van der Waals surface area contributed by atoms with Crippen LogP contribution in [-0.2, 0) is 6.42 Å². The molecule has 0 radical (unpaired) electrons. The second-order valence-electron chi connectivity index (χ2n) is 7.83. The molecule has 0 saturated carbocycles. The van der Waals surface area contributed by atoms with Crippen molar-refractivity contribution in [3.63, 3.8) is 0 Å². The summed E-state index contributed by atoms with van der Waals surface area (Å²) in [5.74, 6) is 0. The standard InChI is InChI=1S/C23H22Cl2N2/c1-14(15-3-5-16(24)6-4-15)13-27-20-9-7-17(25)11-19(20)23-21-10-8-18(26(21)2)12-22(23)27/h3-7,9,11,13,18,21H,8,10,12H2,1-2H3. The minimum absolute atomic E-state index is 0.505. The Morgan fingerprint density at radius 3 is 2.56 bits per heavy atom. The second kappa shape index (κ2) is 6.41. The van der Waals surface area contributed by atoms with Crippen LogP contribution in [0.2, 0.25) is 10.0 Å². The van der Waals surface area contributed by atoms with Gasteiger partial charge in [0.05, 0.1) is 5.52 Å². The van der Waals surface area contributed by atoms with Crippen molar-refractivity contribution in [2.24, 2.45) is 0 Å². The smallest absolute Gasteiger partial charge is 0.0529 e. The van der Waals surface area contributed by atoms with Gasteiger partial charge in [0.2, 0.25) is 0 Å². The van der Waals surface area contributed by atoms with E-state index in [-0.39, 0.29) is 0 Å². The molecule has 4 heteroatoms. The summed E-state index contributed by atoms with van der Waals surface area (Å²) in [6.45, 7) is 2.17. The van der Waals surface area contributed by atoms with E-state index in [1.807, 2.05) is 18.2 Å². The third kappa shape index (κ3) is 2.74. The van der Waals surface area contributed by atoms with Gasteiger partial charge in [-0.1, -0.05) is 35.3 Å². The van der Waals surface area contributed by atoms with Crippen molar-refractivity contribution in [1.82, 2.24) is 9.47 Å². The van der Waals surface area contributed by atoms with Crippen LogP contribution in [0.1, 0.15) is 42.6 Å². The number of likely N-dealkylation sites (N-methyl/N-ethyl adjacent to an activating group) is 1. The molecule has 2 unspecified atom stereocenters. The lowest BCUT2D eigenvalue weighted by molar-refractivity contribution is 0.223. The van der Waals surface area contributed by atoms with E-state index < -0.39 is 0 Å². The minimum Gasteiger partial charge on any atom is -0.320 e. The normalized spacial score (nSPS) is 22.4. The van der Waals surface area contributed by atoms with Gasteiger partial charge >= 0.3 is 0 Å². The first kappa shape index (κ1) is 17.4. The lowest BCUT2D eigenvalue weighted by Gasteiger charge is -2.32. The highest BCUT2D eigenvalue weighted by molar-refractivity contribution is 6.31. The first-order chi connectivity index (χ1) is 13.0. The number of rotatable bonds is 2. The van der Waals surface area contributed by atoms with Gasteiger partial charge in [-0.3, -0.25) is 4.90 Å². The van der Waals surface area contributed by atoms with Crippen LogP contribution >= 0.6 is 23.2 Å². The van der Waals surface area contributed by atoms with Crippen molar-refractivity contribution in [3.05, 3.63) is 69.3 Å². The molecule has 0 N–H and O–H groups in total. The summed E-state index contributed by atoms with van der Waals surface area (Å²) >= 11 is 12.4. The number of allylic oxidation sites excluding steroid dienone is 1. The first-order valence-corrected chi connectivity index (χ1v) is 10.3. The lowest BCUT2D eigenvalue weighted by atomic mass is 9.97. The summed E-state index contributed by atoms with van der Waals surface area (Å²) in [4.78, 5) is 2.56. The zero-order chi connectivity index (χ0) is 18.7. The van der Waals surface area contributed by atoms with Crippen molar-refractivity contribution in [1.29, 1.82) is 0 Å². The number of halogens is 2. The monoisotopic (exact) mass is 396 g/mol. The highest BCUT2D eigenvalue weighted by Gasteiger charge is 2.40. The van der Waals surface area contributed by atoms with Crippen LogP contribution in [0.5, 0.6) is 0 Å². The molecule has 0 aliphatic carbocycles. The molecule has 3 heterocycles. The zero-order valence-electron chi connectivity index (χ0n) is 15.5. The molecule has 2 aliphatic heterocycles. The van der Waals surface area contributed by atoms with Gasteiger partial charge in [0.15, 0.2) is 0 Å². The summed E-state index contributed by atoms with van der Waals surface area (Å²) in [6.07, 6.45) is 5.89. The summed E-state index contributed by atoms with van der Waals surface area (Å²) in [7, 11) is 2.27. The molecular weight excluding hydrogens is 375 g/mol. The lowest BCUT2D eigenvalue weighted by Crippen LogP contribution is -2.34. The highest BCUT2D eigenvalue weighted by atomic mass is 35.5. The van der Waals surface area contributed by atoms with Crippen molar-refractivity contribution < 1.29 is 0 Å². The SMILES string of the molecule is CC(=Cn1c2c(c3cc(Cl)ccc31)C1CCC(C2)N1C)c1ccc(Cl)cc1.